The molecule has 0 unspecified atom stereocenters. The quantitative estimate of drug-likeness (QED) is 0.543. The molecule has 0 saturated heterocycles. The van der Waals surface area contributed by atoms with Crippen LogP contribution in [0, 0.1) is 0 Å². The highest BCUT2D eigenvalue weighted by Crippen LogP contribution is 2.35. The van der Waals surface area contributed by atoms with Gasteiger partial charge in [0.1, 0.15) is 18.0 Å². The zero-order chi connectivity index (χ0) is 16.4. The van der Waals surface area contributed by atoms with Crippen LogP contribution in [0.25, 0.3) is 5.69 Å². The summed E-state index contributed by atoms with van der Waals surface area (Å²) in [6.45, 7) is 0.301. The smallest absolute Gasteiger partial charge is 0.146 e. The molecular formula is C16H10Cl4N2O. The summed E-state index contributed by atoms with van der Waals surface area (Å²) in [5.41, 5.74) is 1.56. The maximum absolute atomic E-state index is 6.30. The Morgan fingerprint density at radius 1 is 0.957 bits per heavy atom. The molecule has 0 radical (unpaired) electrons. The summed E-state index contributed by atoms with van der Waals surface area (Å²) >= 11 is 24.3. The van der Waals surface area contributed by atoms with E-state index in [0.717, 1.165) is 5.56 Å². The highest BCUT2D eigenvalue weighted by molar-refractivity contribution is 6.42. The zero-order valence-corrected chi connectivity index (χ0v) is 14.7. The second-order valence-electron chi connectivity index (χ2n) is 4.74. The lowest BCUT2D eigenvalue weighted by molar-refractivity contribution is 0.305. The molecule has 23 heavy (non-hydrogen) atoms. The van der Waals surface area contributed by atoms with Crippen LogP contribution in [0.1, 0.15) is 5.56 Å². The van der Waals surface area contributed by atoms with Crippen LogP contribution in [0.4, 0.5) is 0 Å². The van der Waals surface area contributed by atoms with Crippen molar-refractivity contribution >= 4 is 46.4 Å². The van der Waals surface area contributed by atoms with Gasteiger partial charge in [0, 0.05) is 23.5 Å². The standard InChI is InChI=1S/C16H10Cl4N2O/c17-11-6-14(20)16(22-4-3-21-9-22)15(7-11)23-8-10-1-2-12(18)13(19)5-10/h1-7,9H,8H2. The molecule has 0 spiro atoms. The monoisotopic (exact) mass is 386 g/mol. The van der Waals surface area contributed by atoms with Crippen molar-refractivity contribution in [3.8, 4) is 11.4 Å². The predicted molar refractivity (Wildman–Crippen MR) is 94.4 cm³/mol. The number of halogens is 4. The van der Waals surface area contributed by atoms with E-state index in [2.05, 4.69) is 4.98 Å². The van der Waals surface area contributed by atoms with Gasteiger partial charge in [0.15, 0.2) is 0 Å². The molecule has 3 aromatic rings. The molecule has 3 rings (SSSR count). The normalized spacial score (nSPS) is 10.8. The van der Waals surface area contributed by atoms with E-state index in [0.29, 0.717) is 38.1 Å². The molecule has 1 aromatic heterocycles. The van der Waals surface area contributed by atoms with Crippen LogP contribution in [0.5, 0.6) is 5.75 Å². The van der Waals surface area contributed by atoms with Crippen LogP contribution < -0.4 is 4.74 Å². The molecular weight excluding hydrogens is 378 g/mol. The number of imidazole rings is 1. The first-order valence-corrected chi connectivity index (χ1v) is 8.10. The van der Waals surface area contributed by atoms with Crippen LogP contribution in [-0.2, 0) is 6.61 Å². The summed E-state index contributed by atoms with van der Waals surface area (Å²) in [7, 11) is 0. The number of hydrogen-bond acceptors (Lipinski definition) is 2. The van der Waals surface area contributed by atoms with Crippen LogP contribution >= 0.6 is 46.4 Å². The lowest BCUT2D eigenvalue weighted by Gasteiger charge is -2.14. The van der Waals surface area contributed by atoms with E-state index in [-0.39, 0.29) is 0 Å². The number of ether oxygens (including phenoxy) is 1. The van der Waals surface area contributed by atoms with E-state index >= 15 is 0 Å². The molecule has 0 N–H and O–H groups in total. The first kappa shape index (κ1) is 16.5. The van der Waals surface area contributed by atoms with Crippen molar-refractivity contribution in [1.29, 1.82) is 0 Å². The Morgan fingerprint density at radius 3 is 2.48 bits per heavy atom. The van der Waals surface area contributed by atoms with Gasteiger partial charge in [-0.2, -0.15) is 0 Å². The van der Waals surface area contributed by atoms with Crippen molar-refractivity contribution in [3.05, 3.63) is 74.7 Å². The minimum atomic E-state index is 0.301. The second-order valence-corrected chi connectivity index (χ2v) is 6.40. The maximum Gasteiger partial charge on any atom is 0.146 e. The maximum atomic E-state index is 6.30. The molecule has 0 amide bonds. The molecule has 0 aliphatic heterocycles. The van der Waals surface area contributed by atoms with Gasteiger partial charge in [-0.1, -0.05) is 52.5 Å². The molecule has 118 valence electrons. The largest absolute Gasteiger partial charge is 0.487 e. The fourth-order valence-corrected chi connectivity index (χ4v) is 2.98. The topological polar surface area (TPSA) is 27.1 Å². The van der Waals surface area contributed by atoms with E-state index in [1.807, 2.05) is 6.07 Å². The lowest BCUT2D eigenvalue weighted by Crippen LogP contribution is -2.01. The molecule has 7 heteroatoms. The van der Waals surface area contributed by atoms with E-state index in [9.17, 15) is 0 Å². The van der Waals surface area contributed by atoms with Crippen molar-refractivity contribution in [2.45, 2.75) is 6.61 Å². The third-order valence-electron chi connectivity index (χ3n) is 3.13. The Kier molecular flexibility index (Phi) is 5.02. The summed E-state index contributed by atoms with van der Waals surface area (Å²) in [6.07, 6.45) is 5.08. The van der Waals surface area contributed by atoms with Crippen LogP contribution in [0.2, 0.25) is 20.1 Å². The third kappa shape index (κ3) is 3.75. The first-order chi connectivity index (χ1) is 11.0. The Labute approximate surface area is 153 Å². The molecule has 1 heterocycles. The molecule has 0 aliphatic carbocycles. The Balaban J connectivity index is 1.91. The van der Waals surface area contributed by atoms with E-state index < -0.39 is 0 Å². The van der Waals surface area contributed by atoms with Crippen molar-refractivity contribution in [2.24, 2.45) is 0 Å². The highest BCUT2D eigenvalue weighted by atomic mass is 35.5. The van der Waals surface area contributed by atoms with Crippen molar-refractivity contribution in [1.82, 2.24) is 9.55 Å². The molecule has 0 fully saturated rings. The fourth-order valence-electron chi connectivity index (χ4n) is 2.08. The average molecular weight is 388 g/mol. The molecule has 0 aliphatic rings. The fraction of sp³-hybridized carbons (Fsp3) is 0.0625. The minimum absolute atomic E-state index is 0.301. The first-order valence-electron chi connectivity index (χ1n) is 6.58. The third-order valence-corrected chi connectivity index (χ3v) is 4.38. The minimum Gasteiger partial charge on any atom is -0.487 e. The summed E-state index contributed by atoms with van der Waals surface area (Å²) in [5, 5.41) is 1.94. The van der Waals surface area contributed by atoms with Crippen LogP contribution in [0.3, 0.4) is 0 Å². The number of aromatic nitrogens is 2. The summed E-state index contributed by atoms with van der Waals surface area (Å²) in [6, 6.07) is 8.69. The van der Waals surface area contributed by atoms with Crippen LogP contribution in [-0.4, -0.2) is 9.55 Å². The van der Waals surface area contributed by atoms with E-state index in [1.165, 1.54) is 0 Å². The molecule has 0 saturated carbocycles. The van der Waals surface area contributed by atoms with Crippen molar-refractivity contribution < 1.29 is 4.74 Å². The van der Waals surface area contributed by atoms with Gasteiger partial charge in [-0.25, -0.2) is 4.98 Å². The molecule has 0 atom stereocenters. The number of benzene rings is 2. The second kappa shape index (κ2) is 7.02. The van der Waals surface area contributed by atoms with Gasteiger partial charge in [-0.15, -0.1) is 0 Å². The van der Waals surface area contributed by atoms with Gasteiger partial charge in [0.25, 0.3) is 0 Å². The Morgan fingerprint density at radius 2 is 1.78 bits per heavy atom. The van der Waals surface area contributed by atoms with Gasteiger partial charge >= 0.3 is 0 Å². The van der Waals surface area contributed by atoms with E-state index in [4.69, 9.17) is 51.1 Å². The highest BCUT2D eigenvalue weighted by Gasteiger charge is 2.13. The summed E-state index contributed by atoms with van der Waals surface area (Å²) in [4.78, 5) is 4.03. The summed E-state index contributed by atoms with van der Waals surface area (Å²) < 4.78 is 7.65. The SMILES string of the molecule is Clc1cc(Cl)c(-n2ccnc2)c(OCc2ccc(Cl)c(Cl)c2)c1. The predicted octanol–water partition coefficient (Wildman–Crippen LogP) is 6.06. The zero-order valence-electron chi connectivity index (χ0n) is 11.6. The van der Waals surface area contributed by atoms with Gasteiger partial charge in [-0.05, 0) is 23.8 Å². The molecule has 0 bridgehead atoms. The number of hydrogen-bond donors (Lipinski definition) is 0. The van der Waals surface area contributed by atoms with Gasteiger partial charge in [0.2, 0.25) is 0 Å². The van der Waals surface area contributed by atoms with Gasteiger partial charge in [0.05, 0.1) is 21.4 Å². The number of nitrogens with zero attached hydrogens (tertiary/aromatic N) is 2. The van der Waals surface area contributed by atoms with Crippen molar-refractivity contribution in [3.63, 3.8) is 0 Å². The van der Waals surface area contributed by atoms with Crippen LogP contribution in [0.15, 0.2) is 49.1 Å². The molecule has 2 aromatic carbocycles. The van der Waals surface area contributed by atoms with Gasteiger partial charge < -0.3 is 9.30 Å². The Bertz CT molecular complexity index is 834. The number of rotatable bonds is 4. The Hall–Kier alpha value is -1.39. The van der Waals surface area contributed by atoms with Gasteiger partial charge in [-0.3, -0.25) is 0 Å². The average Bonchev–Trinajstić information content (AvgIpc) is 3.01. The molecule has 3 nitrogen and oxygen atoms in total. The summed E-state index contributed by atoms with van der Waals surface area (Å²) in [5.74, 6) is 0.548. The van der Waals surface area contributed by atoms with E-state index in [1.54, 1.807) is 47.6 Å². The lowest BCUT2D eigenvalue weighted by atomic mass is 10.2. The van der Waals surface area contributed by atoms with Crippen molar-refractivity contribution in [2.75, 3.05) is 0 Å².